The number of aromatic nitrogens is 1. The second-order valence-corrected chi connectivity index (χ2v) is 5.54. The molecule has 0 spiro atoms. The summed E-state index contributed by atoms with van der Waals surface area (Å²) in [6, 6.07) is 8.48. The SMILES string of the molecule is O=c1c(CO)cccc2c3[nH]ccc4cc(CO)c(=O)c(c12)c43. The molecule has 5 heteroatoms. The van der Waals surface area contributed by atoms with E-state index in [1.165, 1.54) is 0 Å². The minimum Gasteiger partial charge on any atom is -0.392 e. The average molecular weight is 307 g/mol. The number of hydrogen-bond acceptors (Lipinski definition) is 4. The van der Waals surface area contributed by atoms with Crippen molar-refractivity contribution in [1.29, 1.82) is 0 Å². The lowest BCUT2D eigenvalue weighted by Crippen LogP contribution is -2.12. The summed E-state index contributed by atoms with van der Waals surface area (Å²) in [5, 5.41) is 21.6. The molecular formula is C18H13NO4. The molecular weight excluding hydrogens is 294 g/mol. The predicted molar refractivity (Wildman–Crippen MR) is 88.9 cm³/mol. The van der Waals surface area contributed by atoms with Gasteiger partial charge in [-0.25, -0.2) is 0 Å². The molecule has 0 saturated heterocycles. The Morgan fingerprint density at radius 2 is 1.61 bits per heavy atom. The number of H-pyrrole nitrogens is 1. The largest absolute Gasteiger partial charge is 0.392 e. The van der Waals surface area contributed by atoms with Crippen LogP contribution in [0.5, 0.6) is 0 Å². The first-order valence-corrected chi connectivity index (χ1v) is 7.23. The number of aromatic amines is 1. The molecule has 23 heavy (non-hydrogen) atoms. The maximum absolute atomic E-state index is 12.8. The molecule has 1 aromatic heterocycles. The van der Waals surface area contributed by atoms with E-state index < -0.39 is 6.61 Å². The zero-order valence-corrected chi connectivity index (χ0v) is 12.1. The molecule has 1 heterocycles. The van der Waals surface area contributed by atoms with Crippen molar-refractivity contribution in [2.75, 3.05) is 0 Å². The zero-order chi connectivity index (χ0) is 16.1. The summed E-state index contributed by atoms with van der Waals surface area (Å²) in [5.74, 6) is 0. The highest BCUT2D eigenvalue weighted by molar-refractivity contribution is 6.28. The zero-order valence-electron chi connectivity index (χ0n) is 12.1. The monoisotopic (exact) mass is 307 g/mol. The molecule has 114 valence electrons. The fourth-order valence-corrected chi connectivity index (χ4v) is 3.28. The first kappa shape index (κ1) is 13.9. The van der Waals surface area contributed by atoms with Crippen LogP contribution in [-0.4, -0.2) is 15.2 Å². The van der Waals surface area contributed by atoms with Crippen LogP contribution in [0.3, 0.4) is 0 Å². The maximum Gasteiger partial charge on any atom is 0.192 e. The Morgan fingerprint density at radius 1 is 0.870 bits per heavy atom. The third-order valence-corrected chi connectivity index (χ3v) is 4.34. The normalized spacial score (nSPS) is 11.7. The fraction of sp³-hybridized carbons (Fsp3) is 0.111. The minimum atomic E-state index is -0.392. The first-order chi connectivity index (χ1) is 11.2. The van der Waals surface area contributed by atoms with Crippen molar-refractivity contribution in [2.45, 2.75) is 13.2 Å². The van der Waals surface area contributed by atoms with E-state index >= 15 is 0 Å². The molecule has 0 atom stereocenters. The number of aliphatic hydroxyl groups is 2. The molecule has 0 unspecified atom stereocenters. The molecule has 0 radical (unpaired) electrons. The van der Waals surface area contributed by atoms with E-state index in [-0.39, 0.29) is 28.6 Å². The average Bonchev–Trinajstić information content (AvgIpc) is 2.81. The van der Waals surface area contributed by atoms with Gasteiger partial charge in [-0.1, -0.05) is 18.2 Å². The Kier molecular flexibility index (Phi) is 2.94. The van der Waals surface area contributed by atoms with Gasteiger partial charge in [-0.15, -0.1) is 0 Å². The van der Waals surface area contributed by atoms with Gasteiger partial charge in [0.25, 0.3) is 0 Å². The van der Waals surface area contributed by atoms with Gasteiger partial charge in [0.1, 0.15) is 0 Å². The Bertz CT molecular complexity index is 1180. The predicted octanol–water partition coefficient (Wildman–Crippen LogP) is 1.62. The molecule has 0 aliphatic rings. The van der Waals surface area contributed by atoms with Gasteiger partial charge >= 0.3 is 0 Å². The van der Waals surface area contributed by atoms with Crippen molar-refractivity contribution < 1.29 is 10.2 Å². The quantitative estimate of drug-likeness (QED) is 0.525. The third-order valence-electron chi connectivity index (χ3n) is 4.34. The van der Waals surface area contributed by atoms with Crippen LogP contribution in [-0.2, 0) is 13.2 Å². The number of benzene rings is 1. The summed E-state index contributed by atoms with van der Waals surface area (Å²) >= 11 is 0. The molecule has 0 fully saturated rings. The van der Waals surface area contributed by atoms with Crippen LogP contribution in [0.4, 0.5) is 0 Å². The molecule has 5 nitrogen and oxygen atoms in total. The van der Waals surface area contributed by atoms with Gasteiger partial charge in [-0.2, -0.15) is 0 Å². The van der Waals surface area contributed by atoms with Gasteiger partial charge in [-0.05, 0) is 17.5 Å². The van der Waals surface area contributed by atoms with E-state index in [1.54, 1.807) is 30.5 Å². The summed E-state index contributed by atoms with van der Waals surface area (Å²) < 4.78 is 0. The number of fused-ring (bicyclic) bond motifs is 3. The molecule has 0 saturated carbocycles. The molecule has 0 aliphatic heterocycles. The molecule has 4 aromatic rings. The van der Waals surface area contributed by atoms with Gasteiger partial charge in [0.05, 0.1) is 18.7 Å². The van der Waals surface area contributed by atoms with Gasteiger partial charge < -0.3 is 15.2 Å². The van der Waals surface area contributed by atoms with Crippen LogP contribution in [0.1, 0.15) is 11.1 Å². The van der Waals surface area contributed by atoms with Crippen molar-refractivity contribution in [3.8, 4) is 0 Å². The summed E-state index contributed by atoms with van der Waals surface area (Å²) in [6.07, 6.45) is 1.74. The summed E-state index contributed by atoms with van der Waals surface area (Å²) in [4.78, 5) is 28.6. The molecule has 0 amide bonds. The van der Waals surface area contributed by atoms with Crippen molar-refractivity contribution in [2.24, 2.45) is 0 Å². The van der Waals surface area contributed by atoms with E-state index in [1.807, 2.05) is 6.07 Å². The van der Waals surface area contributed by atoms with Crippen LogP contribution in [0.15, 0.2) is 46.1 Å². The minimum absolute atomic E-state index is 0.237. The summed E-state index contributed by atoms with van der Waals surface area (Å²) in [6.45, 7) is -0.776. The number of nitrogens with one attached hydrogen (secondary N) is 1. The number of rotatable bonds is 2. The van der Waals surface area contributed by atoms with Gasteiger partial charge in [0, 0.05) is 38.9 Å². The third kappa shape index (κ3) is 1.75. The van der Waals surface area contributed by atoms with Gasteiger partial charge in [-0.3, -0.25) is 9.59 Å². The van der Waals surface area contributed by atoms with Crippen LogP contribution in [0, 0.1) is 0 Å². The molecule has 3 N–H and O–H groups in total. The Labute approximate surface area is 129 Å². The van der Waals surface area contributed by atoms with Crippen LogP contribution >= 0.6 is 0 Å². The molecule has 3 aromatic carbocycles. The Morgan fingerprint density at radius 3 is 2.35 bits per heavy atom. The highest BCUT2D eigenvalue weighted by Crippen LogP contribution is 2.33. The second kappa shape index (κ2) is 4.87. The number of hydrogen-bond donors (Lipinski definition) is 3. The summed E-state index contributed by atoms with van der Waals surface area (Å²) in [5.41, 5.74) is 0.513. The van der Waals surface area contributed by atoms with Crippen LogP contribution in [0.25, 0.3) is 32.4 Å². The lowest BCUT2D eigenvalue weighted by molar-refractivity contribution is 0.280. The lowest BCUT2D eigenvalue weighted by Gasteiger charge is -2.01. The molecule has 4 rings (SSSR count). The second-order valence-electron chi connectivity index (χ2n) is 5.54. The molecule has 0 aliphatic carbocycles. The van der Waals surface area contributed by atoms with E-state index in [0.717, 1.165) is 5.39 Å². The van der Waals surface area contributed by atoms with Crippen molar-refractivity contribution >= 4 is 32.4 Å². The Hall–Kier alpha value is -2.76. The van der Waals surface area contributed by atoms with Crippen molar-refractivity contribution in [3.63, 3.8) is 0 Å². The van der Waals surface area contributed by atoms with Crippen molar-refractivity contribution in [3.05, 3.63) is 68.1 Å². The highest BCUT2D eigenvalue weighted by atomic mass is 16.3. The molecule has 0 bridgehead atoms. The standard InChI is InChI=1S/C18H13NO4/c20-7-10-2-1-3-12-14(17(10)22)15-13-9(4-5-19-16(12)13)6-11(8-21)18(15)23/h1-6,19-21H,7-8H2. The Balaban J connectivity index is 2.47. The van der Waals surface area contributed by atoms with E-state index in [4.69, 9.17) is 0 Å². The lowest BCUT2D eigenvalue weighted by atomic mass is 10.0. The fourth-order valence-electron chi connectivity index (χ4n) is 3.28. The van der Waals surface area contributed by atoms with E-state index in [0.29, 0.717) is 27.1 Å². The van der Waals surface area contributed by atoms with Crippen molar-refractivity contribution in [1.82, 2.24) is 4.98 Å². The first-order valence-electron chi connectivity index (χ1n) is 7.23. The van der Waals surface area contributed by atoms with Gasteiger partial charge in [0.2, 0.25) is 0 Å². The van der Waals surface area contributed by atoms with Crippen LogP contribution in [0.2, 0.25) is 0 Å². The topological polar surface area (TPSA) is 90.4 Å². The van der Waals surface area contributed by atoms with E-state index in [2.05, 4.69) is 4.98 Å². The van der Waals surface area contributed by atoms with Gasteiger partial charge in [0.15, 0.2) is 10.9 Å². The van der Waals surface area contributed by atoms with Crippen LogP contribution < -0.4 is 10.9 Å². The smallest absolute Gasteiger partial charge is 0.192 e. The number of pyridine rings is 1. The van der Waals surface area contributed by atoms with E-state index in [9.17, 15) is 19.8 Å². The summed E-state index contributed by atoms with van der Waals surface area (Å²) in [7, 11) is 0. The maximum atomic E-state index is 12.8. The number of aliphatic hydroxyl groups excluding tert-OH is 2. The highest BCUT2D eigenvalue weighted by Gasteiger charge is 2.19.